The van der Waals surface area contributed by atoms with Crippen LogP contribution in [0.25, 0.3) is 0 Å². The zero-order valence-corrected chi connectivity index (χ0v) is 25.9. The van der Waals surface area contributed by atoms with Gasteiger partial charge in [0, 0.05) is 38.3 Å². The van der Waals surface area contributed by atoms with Gasteiger partial charge in [-0.05, 0) is 37.0 Å². The summed E-state index contributed by atoms with van der Waals surface area (Å²) in [4.78, 5) is 38.3. The van der Waals surface area contributed by atoms with Crippen LogP contribution in [-0.2, 0) is 26.7 Å². The fourth-order valence-electron chi connectivity index (χ4n) is 3.33. The van der Waals surface area contributed by atoms with E-state index in [0.717, 1.165) is 51.0 Å². The van der Waals surface area contributed by atoms with Crippen LogP contribution in [0.15, 0.2) is 29.3 Å². The molecule has 1 saturated heterocycles. The molecule has 1 fully saturated rings. The predicted octanol–water partition coefficient (Wildman–Crippen LogP) is -0.585. The van der Waals surface area contributed by atoms with E-state index in [1.807, 2.05) is 29.2 Å². The summed E-state index contributed by atoms with van der Waals surface area (Å²) in [6, 6.07) is 7.72. The van der Waals surface area contributed by atoms with E-state index in [9.17, 15) is 26.4 Å². The minimum atomic E-state index is -3.67. The first-order valence-corrected chi connectivity index (χ1v) is 16.6. The topological polar surface area (TPSA) is 286 Å². The van der Waals surface area contributed by atoms with Crippen molar-refractivity contribution in [1.29, 1.82) is 0 Å². The molecule has 10 N–H and O–H groups in total. The molecule has 0 unspecified atom stereocenters. The number of nitrogens with zero attached hydrogens (tertiary/aromatic N) is 4. The van der Waals surface area contributed by atoms with Crippen LogP contribution in [0.1, 0.15) is 39.3 Å². The number of hydrogen-bond donors (Lipinski definition) is 7. The molecule has 240 valence electrons. The van der Waals surface area contributed by atoms with Gasteiger partial charge in [-0.25, -0.2) is 9.97 Å². The van der Waals surface area contributed by atoms with Crippen molar-refractivity contribution in [2.24, 2.45) is 10.7 Å². The highest BCUT2D eigenvalue weighted by Gasteiger charge is 2.18. The molecule has 1 aliphatic rings. The lowest BCUT2D eigenvalue weighted by molar-refractivity contribution is 0.0735. The highest BCUT2D eigenvalue weighted by Crippen LogP contribution is 2.17. The third kappa shape index (κ3) is 17.2. The van der Waals surface area contributed by atoms with Gasteiger partial charge in [0.15, 0.2) is 28.4 Å². The molecule has 0 bridgehead atoms. The van der Waals surface area contributed by atoms with Gasteiger partial charge in [-0.1, -0.05) is 23.7 Å². The minimum Gasteiger partial charge on any atom is -0.382 e. The van der Waals surface area contributed by atoms with E-state index in [2.05, 4.69) is 25.6 Å². The van der Waals surface area contributed by atoms with Crippen molar-refractivity contribution >= 4 is 61.2 Å². The Hall–Kier alpha value is -3.62. The molecule has 20 heteroatoms. The highest BCUT2D eigenvalue weighted by atomic mass is 35.5. The van der Waals surface area contributed by atoms with Crippen LogP contribution in [0.2, 0.25) is 5.15 Å². The van der Waals surface area contributed by atoms with Gasteiger partial charge in [-0.15, -0.1) is 0 Å². The first-order chi connectivity index (χ1) is 19.8. The number of nitrogens with two attached hydrogens (primary N) is 3. The lowest BCUT2D eigenvalue weighted by atomic mass is 10.1. The van der Waals surface area contributed by atoms with Gasteiger partial charge in [0.25, 0.3) is 32.1 Å². The van der Waals surface area contributed by atoms with Gasteiger partial charge in [-0.3, -0.25) is 29.0 Å². The number of anilines is 2. The summed E-state index contributed by atoms with van der Waals surface area (Å²) in [7, 11) is -7.33. The van der Waals surface area contributed by atoms with E-state index in [1.54, 1.807) is 0 Å². The van der Waals surface area contributed by atoms with E-state index in [1.165, 1.54) is 0 Å². The van der Waals surface area contributed by atoms with Crippen LogP contribution in [0, 0.1) is 0 Å². The number of guanidine groups is 1. The van der Waals surface area contributed by atoms with Crippen LogP contribution in [0.3, 0.4) is 0 Å². The second-order valence-corrected chi connectivity index (χ2v) is 12.3. The quantitative estimate of drug-likeness (QED) is 0.0842. The summed E-state index contributed by atoms with van der Waals surface area (Å²) in [6.45, 7) is 3.57. The number of unbranched alkanes of at least 4 members (excludes halogenated alkanes) is 1. The Morgan fingerprint density at radius 2 is 1.53 bits per heavy atom. The molecular weight excluding hydrogens is 630 g/mol. The molecule has 1 aromatic carbocycles. The SMILES string of the molecule is CS(=O)(=O)O.CS(=O)(=O)O.NC(=NCCCCc1ccc(C(=O)N2CCNCC2)cc1)NC(=O)c1nc(Cl)c(N)nc1N. The molecular formula is C23H36ClN9O8S2. The molecule has 0 radical (unpaired) electrons. The van der Waals surface area contributed by atoms with E-state index >= 15 is 0 Å². The number of hydrogen-bond acceptors (Lipinski definition) is 12. The molecule has 0 saturated carbocycles. The smallest absolute Gasteiger partial charge is 0.280 e. The van der Waals surface area contributed by atoms with Crippen LogP contribution in [0.5, 0.6) is 0 Å². The summed E-state index contributed by atoms with van der Waals surface area (Å²) >= 11 is 5.78. The molecule has 3 rings (SSSR count). The van der Waals surface area contributed by atoms with E-state index < -0.39 is 26.1 Å². The molecule has 43 heavy (non-hydrogen) atoms. The Bertz CT molecular complexity index is 1440. The molecule has 2 amide bonds. The number of piperazine rings is 1. The Kier molecular flexibility index (Phi) is 15.2. The number of nitrogen functional groups attached to an aromatic ring is 2. The maximum Gasteiger partial charge on any atom is 0.280 e. The van der Waals surface area contributed by atoms with Crippen molar-refractivity contribution in [3.05, 3.63) is 46.2 Å². The van der Waals surface area contributed by atoms with Crippen molar-refractivity contribution in [3.63, 3.8) is 0 Å². The van der Waals surface area contributed by atoms with E-state index in [4.69, 9.17) is 37.9 Å². The Morgan fingerprint density at radius 3 is 2.07 bits per heavy atom. The minimum absolute atomic E-state index is 0.0510. The van der Waals surface area contributed by atoms with Crippen molar-refractivity contribution in [3.8, 4) is 0 Å². The Balaban J connectivity index is 0.000000798. The van der Waals surface area contributed by atoms with E-state index in [-0.39, 0.29) is 34.3 Å². The molecule has 0 atom stereocenters. The lowest BCUT2D eigenvalue weighted by Gasteiger charge is -2.27. The van der Waals surface area contributed by atoms with Gasteiger partial charge in [0.2, 0.25) is 0 Å². The van der Waals surface area contributed by atoms with Crippen LogP contribution < -0.4 is 27.8 Å². The van der Waals surface area contributed by atoms with Gasteiger partial charge in [-0.2, -0.15) is 16.8 Å². The van der Waals surface area contributed by atoms with E-state index in [0.29, 0.717) is 24.6 Å². The maximum atomic E-state index is 12.5. The second kappa shape index (κ2) is 17.5. The number of aliphatic imine (C=N–C) groups is 1. The third-order valence-corrected chi connectivity index (χ3v) is 5.40. The molecule has 1 aromatic heterocycles. The highest BCUT2D eigenvalue weighted by molar-refractivity contribution is 7.85. The fourth-order valence-corrected chi connectivity index (χ4v) is 3.46. The molecule has 1 aliphatic heterocycles. The van der Waals surface area contributed by atoms with Gasteiger partial charge in [0.05, 0.1) is 12.5 Å². The first kappa shape index (κ1) is 37.4. The van der Waals surface area contributed by atoms with Crippen molar-refractivity contribution in [2.45, 2.75) is 19.3 Å². The summed E-state index contributed by atoms with van der Waals surface area (Å²) in [5.74, 6) is -0.858. The molecule has 2 heterocycles. The zero-order valence-electron chi connectivity index (χ0n) is 23.5. The average molecular weight is 666 g/mol. The normalized spacial score (nSPS) is 13.6. The summed E-state index contributed by atoms with van der Waals surface area (Å²) < 4.78 is 51.7. The molecule has 2 aromatic rings. The summed E-state index contributed by atoms with van der Waals surface area (Å²) in [5, 5.41) is 5.53. The zero-order chi connectivity index (χ0) is 32.8. The number of rotatable bonds is 7. The monoisotopic (exact) mass is 665 g/mol. The predicted molar refractivity (Wildman–Crippen MR) is 163 cm³/mol. The first-order valence-electron chi connectivity index (χ1n) is 12.5. The van der Waals surface area contributed by atoms with Gasteiger partial charge >= 0.3 is 0 Å². The molecule has 0 spiro atoms. The van der Waals surface area contributed by atoms with Gasteiger partial charge in [0.1, 0.15) is 0 Å². The van der Waals surface area contributed by atoms with Crippen molar-refractivity contribution < 1.29 is 35.5 Å². The fraction of sp³-hybridized carbons (Fsp3) is 0.435. The number of aromatic nitrogens is 2. The summed E-state index contributed by atoms with van der Waals surface area (Å²) in [6.07, 6.45) is 3.93. The Labute approximate surface area is 254 Å². The van der Waals surface area contributed by atoms with Gasteiger partial charge < -0.3 is 27.4 Å². The number of aryl methyl sites for hydroxylation is 1. The number of carbonyl (C=O) groups is 2. The largest absolute Gasteiger partial charge is 0.382 e. The maximum absolute atomic E-state index is 12.5. The average Bonchev–Trinajstić information content (AvgIpc) is 2.89. The Morgan fingerprint density at radius 1 is 1.00 bits per heavy atom. The van der Waals surface area contributed by atoms with Crippen molar-refractivity contribution in [2.75, 3.05) is 56.7 Å². The molecule has 0 aliphatic carbocycles. The standard InChI is InChI=1S/C21H28ClN9O2.2CH4O3S/c22-16-18(24)29-17(23)15(28-16)19(32)30-21(25)27-8-2-1-3-13-4-6-14(7-5-13)20(33)31-11-9-26-10-12-31;2*1-5(2,3)4/h4-7,26H,1-3,8-12H2,(H4,23,24,29)(H3,25,27,30,32);2*1H3,(H,2,3,4). The summed E-state index contributed by atoms with van der Waals surface area (Å²) in [5.41, 5.74) is 18.6. The number of amides is 2. The van der Waals surface area contributed by atoms with Crippen LogP contribution in [0.4, 0.5) is 11.6 Å². The number of carbonyl (C=O) groups excluding carboxylic acids is 2. The number of benzene rings is 1. The molecule has 17 nitrogen and oxygen atoms in total. The van der Waals surface area contributed by atoms with Crippen LogP contribution in [-0.4, -0.2) is 104 Å². The number of nitrogens with one attached hydrogen (secondary N) is 2. The third-order valence-electron chi connectivity index (χ3n) is 5.12. The van der Waals surface area contributed by atoms with Crippen molar-refractivity contribution in [1.82, 2.24) is 25.5 Å². The lowest BCUT2D eigenvalue weighted by Crippen LogP contribution is -2.46. The second-order valence-electron chi connectivity index (χ2n) is 9.02. The van der Waals surface area contributed by atoms with Crippen LogP contribution >= 0.6 is 11.6 Å². The number of halogens is 1.